The molecule has 1 aromatic rings. The first-order chi connectivity index (χ1) is 7.70. The lowest BCUT2D eigenvalue weighted by Crippen LogP contribution is -2.20. The van der Waals surface area contributed by atoms with E-state index >= 15 is 0 Å². The van der Waals surface area contributed by atoms with E-state index in [1.54, 1.807) is 0 Å². The van der Waals surface area contributed by atoms with Gasteiger partial charge in [-0.1, -0.05) is 12.1 Å². The lowest BCUT2D eigenvalue weighted by atomic mass is 10.1. The Morgan fingerprint density at radius 3 is 2.94 bits per heavy atom. The van der Waals surface area contributed by atoms with E-state index in [1.807, 2.05) is 0 Å². The molecule has 1 aliphatic heterocycles. The monoisotopic (exact) mass is 219 g/mol. The molecule has 0 spiro atoms. The van der Waals surface area contributed by atoms with Gasteiger partial charge < -0.3 is 10.0 Å². The molecular formula is C14H21NO. The van der Waals surface area contributed by atoms with Crippen molar-refractivity contribution in [3.8, 4) is 0 Å². The van der Waals surface area contributed by atoms with Crippen LogP contribution in [0.25, 0.3) is 0 Å². The van der Waals surface area contributed by atoms with Crippen molar-refractivity contribution in [3.05, 3.63) is 29.3 Å². The van der Waals surface area contributed by atoms with Crippen molar-refractivity contribution in [1.82, 2.24) is 0 Å². The number of hydrogen-bond donors (Lipinski definition) is 1. The highest BCUT2D eigenvalue weighted by Crippen LogP contribution is 2.28. The SMILES string of the molecule is Cc1ccc(C)c(N2CCC(CCO)C2)c1. The molecule has 1 aliphatic rings. The summed E-state index contributed by atoms with van der Waals surface area (Å²) in [4.78, 5) is 2.46. The summed E-state index contributed by atoms with van der Waals surface area (Å²) >= 11 is 0. The smallest absolute Gasteiger partial charge is 0.0434 e. The summed E-state index contributed by atoms with van der Waals surface area (Å²) in [5.41, 5.74) is 4.06. The second kappa shape index (κ2) is 4.88. The van der Waals surface area contributed by atoms with Gasteiger partial charge in [0.1, 0.15) is 0 Å². The van der Waals surface area contributed by atoms with Crippen LogP contribution in [0.4, 0.5) is 5.69 Å². The average Bonchev–Trinajstić information content (AvgIpc) is 2.71. The molecule has 1 unspecified atom stereocenters. The predicted molar refractivity (Wildman–Crippen MR) is 67.9 cm³/mol. The molecule has 0 radical (unpaired) electrons. The van der Waals surface area contributed by atoms with Crippen LogP contribution in [-0.2, 0) is 0 Å². The van der Waals surface area contributed by atoms with E-state index in [1.165, 1.54) is 23.2 Å². The summed E-state index contributed by atoms with van der Waals surface area (Å²) in [7, 11) is 0. The van der Waals surface area contributed by atoms with Crippen LogP contribution in [0.15, 0.2) is 18.2 Å². The Hall–Kier alpha value is -1.02. The molecule has 1 N–H and O–H groups in total. The van der Waals surface area contributed by atoms with Crippen LogP contribution in [0.3, 0.4) is 0 Å². The minimum absolute atomic E-state index is 0.325. The zero-order chi connectivity index (χ0) is 11.5. The molecule has 16 heavy (non-hydrogen) atoms. The first-order valence-electron chi connectivity index (χ1n) is 6.14. The second-order valence-corrected chi connectivity index (χ2v) is 4.90. The average molecular weight is 219 g/mol. The van der Waals surface area contributed by atoms with Gasteiger partial charge in [0, 0.05) is 25.4 Å². The number of anilines is 1. The Kier molecular flexibility index (Phi) is 3.49. The van der Waals surface area contributed by atoms with Crippen LogP contribution >= 0.6 is 0 Å². The van der Waals surface area contributed by atoms with Crippen LogP contribution in [0.1, 0.15) is 24.0 Å². The Balaban J connectivity index is 2.11. The molecule has 1 saturated heterocycles. The maximum Gasteiger partial charge on any atom is 0.0434 e. The molecule has 88 valence electrons. The van der Waals surface area contributed by atoms with E-state index < -0.39 is 0 Å². The zero-order valence-electron chi connectivity index (χ0n) is 10.2. The molecule has 0 bridgehead atoms. The van der Waals surface area contributed by atoms with Crippen LogP contribution in [0, 0.1) is 19.8 Å². The van der Waals surface area contributed by atoms with E-state index in [-0.39, 0.29) is 0 Å². The van der Waals surface area contributed by atoms with Gasteiger partial charge in [-0.2, -0.15) is 0 Å². The normalized spacial score (nSPS) is 20.4. The van der Waals surface area contributed by atoms with Gasteiger partial charge in [-0.05, 0) is 49.8 Å². The topological polar surface area (TPSA) is 23.5 Å². The number of hydrogen-bond acceptors (Lipinski definition) is 2. The molecular weight excluding hydrogens is 198 g/mol. The van der Waals surface area contributed by atoms with Crippen LogP contribution in [0.5, 0.6) is 0 Å². The summed E-state index contributed by atoms with van der Waals surface area (Å²) in [5, 5.41) is 8.96. The van der Waals surface area contributed by atoms with Gasteiger partial charge in [-0.15, -0.1) is 0 Å². The second-order valence-electron chi connectivity index (χ2n) is 4.90. The maximum atomic E-state index is 8.96. The van der Waals surface area contributed by atoms with Crippen molar-refractivity contribution in [2.45, 2.75) is 26.7 Å². The van der Waals surface area contributed by atoms with Gasteiger partial charge >= 0.3 is 0 Å². The minimum Gasteiger partial charge on any atom is -0.396 e. The highest BCUT2D eigenvalue weighted by Gasteiger charge is 2.22. The third kappa shape index (κ3) is 2.38. The molecule has 1 fully saturated rings. The first-order valence-corrected chi connectivity index (χ1v) is 6.14. The zero-order valence-corrected chi connectivity index (χ0v) is 10.2. The van der Waals surface area contributed by atoms with Gasteiger partial charge in [-0.3, -0.25) is 0 Å². The largest absolute Gasteiger partial charge is 0.396 e. The molecule has 2 rings (SSSR count). The van der Waals surface area contributed by atoms with Crippen molar-refractivity contribution in [2.75, 3.05) is 24.6 Å². The lowest BCUT2D eigenvalue weighted by Gasteiger charge is -2.21. The number of aryl methyl sites for hydroxylation is 2. The molecule has 2 nitrogen and oxygen atoms in total. The van der Waals surface area contributed by atoms with E-state index in [0.717, 1.165) is 19.5 Å². The van der Waals surface area contributed by atoms with Crippen LogP contribution in [-0.4, -0.2) is 24.8 Å². The molecule has 1 atom stereocenters. The summed E-state index contributed by atoms with van der Waals surface area (Å²) in [6.45, 7) is 6.88. The number of nitrogens with zero attached hydrogens (tertiary/aromatic N) is 1. The fraction of sp³-hybridized carbons (Fsp3) is 0.571. The molecule has 1 heterocycles. The van der Waals surface area contributed by atoms with Crippen LogP contribution in [0.2, 0.25) is 0 Å². The van der Waals surface area contributed by atoms with Gasteiger partial charge in [0.2, 0.25) is 0 Å². The molecule has 0 aliphatic carbocycles. The fourth-order valence-corrected chi connectivity index (χ4v) is 2.53. The highest BCUT2D eigenvalue weighted by molar-refractivity contribution is 5.55. The minimum atomic E-state index is 0.325. The molecule has 2 heteroatoms. The quantitative estimate of drug-likeness (QED) is 0.844. The van der Waals surface area contributed by atoms with Crippen molar-refractivity contribution in [2.24, 2.45) is 5.92 Å². The number of aliphatic hydroxyl groups is 1. The summed E-state index contributed by atoms with van der Waals surface area (Å²) in [6.07, 6.45) is 2.16. The van der Waals surface area contributed by atoms with Crippen molar-refractivity contribution in [1.29, 1.82) is 0 Å². The standard InChI is InChI=1S/C14H21NO/c1-11-3-4-12(2)14(9-11)15-7-5-13(10-15)6-8-16/h3-4,9,13,16H,5-8,10H2,1-2H3. The van der Waals surface area contributed by atoms with Gasteiger partial charge in [0.15, 0.2) is 0 Å². The van der Waals surface area contributed by atoms with Crippen LogP contribution < -0.4 is 4.90 Å². The Labute approximate surface area is 97.9 Å². The maximum absolute atomic E-state index is 8.96. The Morgan fingerprint density at radius 1 is 1.38 bits per heavy atom. The lowest BCUT2D eigenvalue weighted by molar-refractivity contribution is 0.263. The van der Waals surface area contributed by atoms with E-state index in [0.29, 0.717) is 12.5 Å². The Morgan fingerprint density at radius 2 is 2.19 bits per heavy atom. The van der Waals surface area contributed by atoms with Gasteiger partial charge in [0.05, 0.1) is 0 Å². The third-order valence-corrected chi connectivity index (χ3v) is 3.53. The summed E-state index contributed by atoms with van der Waals surface area (Å²) in [6, 6.07) is 6.64. The first kappa shape index (κ1) is 11.5. The van der Waals surface area contributed by atoms with Gasteiger partial charge in [-0.25, -0.2) is 0 Å². The van der Waals surface area contributed by atoms with Crippen molar-refractivity contribution < 1.29 is 5.11 Å². The molecule has 1 aromatic carbocycles. The Bertz CT molecular complexity index is 362. The highest BCUT2D eigenvalue weighted by atomic mass is 16.3. The van der Waals surface area contributed by atoms with Crippen molar-refractivity contribution in [3.63, 3.8) is 0 Å². The molecule has 0 aromatic heterocycles. The van der Waals surface area contributed by atoms with Gasteiger partial charge in [0.25, 0.3) is 0 Å². The molecule has 0 saturated carbocycles. The third-order valence-electron chi connectivity index (χ3n) is 3.53. The fourth-order valence-electron chi connectivity index (χ4n) is 2.53. The van der Waals surface area contributed by atoms with E-state index in [9.17, 15) is 0 Å². The number of benzene rings is 1. The summed E-state index contributed by atoms with van der Waals surface area (Å²) < 4.78 is 0. The number of aliphatic hydroxyl groups excluding tert-OH is 1. The van der Waals surface area contributed by atoms with Crippen molar-refractivity contribution >= 4 is 5.69 Å². The van der Waals surface area contributed by atoms with E-state index in [2.05, 4.69) is 36.9 Å². The van der Waals surface area contributed by atoms with E-state index in [4.69, 9.17) is 5.11 Å². The summed E-state index contributed by atoms with van der Waals surface area (Å²) in [5.74, 6) is 0.671. The predicted octanol–water partition coefficient (Wildman–Crippen LogP) is 2.51. The number of rotatable bonds is 3. The molecule has 0 amide bonds.